The molecule has 2 rings (SSSR count). The van der Waals surface area contributed by atoms with Crippen LogP contribution in [0.3, 0.4) is 0 Å². The third-order valence-corrected chi connectivity index (χ3v) is 3.67. The smallest absolute Gasteiger partial charge is 0.314 e. The predicted octanol–water partition coefficient (Wildman–Crippen LogP) is 1.78. The molecule has 1 aliphatic rings. The van der Waals surface area contributed by atoms with Gasteiger partial charge in [0.15, 0.2) is 0 Å². The van der Waals surface area contributed by atoms with Gasteiger partial charge in [-0.2, -0.15) is 0 Å². The normalized spacial score (nSPS) is 17.3. The van der Waals surface area contributed by atoms with Crippen molar-refractivity contribution in [1.29, 1.82) is 0 Å². The first-order valence-electron chi connectivity index (χ1n) is 7.09. The lowest BCUT2D eigenvalue weighted by molar-refractivity contribution is -0.144. The highest BCUT2D eigenvalue weighted by molar-refractivity contribution is 6.22. The van der Waals surface area contributed by atoms with Crippen molar-refractivity contribution in [3.8, 4) is 0 Å². The van der Waals surface area contributed by atoms with Crippen LogP contribution in [-0.2, 0) is 20.7 Å². The Morgan fingerprint density at radius 3 is 2.73 bits per heavy atom. The third kappa shape index (κ3) is 3.88. The topological polar surface area (TPSA) is 55.4 Å². The minimum atomic E-state index is -0.559. The highest BCUT2D eigenvalue weighted by atomic mass is 16.5. The number of carbonyl (C=O) groups excluding carboxylic acids is 2. The Hall–Kier alpha value is -2.30. The lowest BCUT2D eigenvalue weighted by atomic mass is 9.81. The highest BCUT2D eigenvalue weighted by Gasteiger charge is 2.27. The number of rotatable bonds is 4. The van der Waals surface area contributed by atoms with Crippen LogP contribution in [0.5, 0.6) is 0 Å². The van der Waals surface area contributed by atoms with Gasteiger partial charge in [-0.05, 0) is 30.5 Å². The number of esters is 1. The molecule has 0 aromatic heterocycles. The van der Waals surface area contributed by atoms with Gasteiger partial charge in [0.1, 0.15) is 7.85 Å². The Labute approximate surface area is 131 Å². The minimum absolute atomic E-state index is 0.164. The van der Waals surface area contributed by atoms with Crippen molar-refractivity contribution < 1.29 is 14.3 Å². The van der Waals surface area contributed by atoms with Gasteiger partial charge in [0.25, 0.3) is 0 Å². The molecule has 2 radical (unpaired) electrons. The van der Waals surface area contributed by atoms with E-state index in [2.05, 4.69) is 5.32 Å². The number of amides is 1. The first-order chi connectivity index (χ1) is 10.5. The molecule has 1 aromatic rings. The van der Waals surface area contributed by atoms with Gasteiger partial charge < -0.3 is 10.1 Å². The second kappa shape index (κ2) is 7.12. The fourth-order valence-corrected chi connectivity index (χ4v) is 2.39. The van der Waals surface area contributed by atoms with E-state index in [-0.39, 0.29) is 12.3 Å². The van der Waals surface area contributed by atoms with Crippen molar-refractivity contribution in [2.24, 2.45) is 5.92 Å². The van der Waals surface area contributed by atoms with E-state index in [0.717, 1.165) is 11.1 Å². The molecule has 0 bridgehead atoms. The molecule has 0 fully saturated rings. The first-order valence-corrected chi connectivity index (χ1v) is 7.09. The van der Waals surface area contributed by atoms with Crippen LogP contribution in [0.4, 0.5) is 0 Å². The van der Waals surface area contributed by atoms with Crippen LogP contribution < -0.4 is 5.32 Å². The number of nitrogens with one attached hydrogen (secondary N) is 1. The van der Waals surface area contributed by atoms with Crippen molar-refractivity contribution in [1.82, 2.24) is 5.32 Å². The van der Waals surface area contributed by atoms with Crippen LogP contribution in [-0.4, -0.2) is 26.8 Å². The molecule has 1 unspecified atom stereocenters. The summed E-state index contributed by atoms with van der Waals surface area (Å²) < 4.78 is 4.77. The number of methoxy groups -OCH3 is 1. The standard InChI is InChI=1S/C17H18BNO3/c1-11-5-3-4-6-12(11)9-16(20)19-15-8-7-13(18)10-14(15)17(21)22-2/h3-8,14H,9-10H2,1-2H3,(H,19,20). The molecule has 5 heteroatoms. The van der Waals surface area contributed by atoms with Crippen LogP contribution in [0, 0.1) is 12.8 Å². The Morgan fingerprint density at radius 2 is 2.05 bits per heavy atom. The molecule has 0 saturated carbocycles. The van der Waals surface area contributed by atoms with Crippen LogP contribution in [0.15, 0.2) is 47.6 Å². The maximum absolute atomic E-state index is 12.2. The first kappa shape index (κ1) is 16.1. The van der Waals surface area contributed by atoms with Gasteiger partial charge in [0, 0.05) is 5.70 Å². The number of aryl methyl sites for hydroxylation is 1. The molecule has 0 spiro atoms. The average molecular weight is 295 g/mol. The van der Waals surface area contributed by atoms with Crippen molar-refractivity contribution in [3.05, 3.63) is 58.7 Å². The Morgan fingerprint density at radius 1 is 1.32 bits per heavy atom. The SMILES string of the molecule is [B]C1=CC=C(NC(=O)Cc2ccccc2C)C(C(=O)OC)C1. The second-order valence-electron chi connectivity index (χ2n) is 5.29. The molecule has 1 atom stereocenters. The molecule has 0 heterocycles. The largest absolute Gasteiger partial charge is 0.468 e. The summed E-state index contributed by atoms with van der Waals surface area (Å²) in [5.74, 6) is -1.13. The second-order valence-corrected chi connectivity index (χ2v) is 5.29. The lowest BCUT2D eigenvalue weighted by Gasteiger charge is -2.22. The average Bonchev–Trinajstić information content (AvgIpc) is 2.50. The van der Waals surface area contributed by atoms with E-state index in [4.69, 9.17) is 12.6 Å². The summed E-state index contributed by atoms with van der Waals surface area (Å²) in [6.07, 6.45) is 3.97. The van der Waals surface area contributed by atoms with E-state index in [9.17, 15) is 9.59 Å². The molecule has 112 valence electrons. The maximum Gasteiger partial charge on any atom is 0.314 e. The van der Waals surface area contributed by atoms with Gasteiger partial charge >= 0.3 is 5.97 Å². The zero-order valence-corrected chi connectivity index (χ0v) is 12.8. The van der Waals surface area contributed by atoms with Crippen LogP contribution in [0.2, 0.25) is 0 Å². The summed E-state index contributed by atoms with van der Waals surface area (Å²) in [4.78, 5) is 24.0. The van der Waals surface area contributed by atoms with Gasteiger partial charge in [0.2, 0.25) is 5.91 Å². The highest BCUT2D eigenvalue weighted by Crippen LogP contribution is 2.23. The summed E-state index contributed by atoms with van der Waals surface area (Å²) >= 11 is 0. The van der Waals surface area contributed by atoms with E-state index in [0.29, 0.717) is 17.6 Å². The molecule has 1 N–H and O–H groups in total. The van der Waals surface area contributed by atoms with E-state index < -0.39 is 11.9 Å². The van der Waals surface area contributed by atoms with Gasteiger partial charge in [-0.25, -0.2) is 0 Å². The summed E-state index contributed by atoms with van der Waals surface area (Å²) in [7, 11) is 7.07. The summed E-state index contributed by atoms with van der Waals surface area (Å²) in [6.45, 7) is 1.96. The van der Waals surface area contributed by atoms with Gasteiger partial charge in [0.05, 0.1) is 19.4 Å². The number of ether oxygens (including phenoxy) is 1. The van der Waals surface area contributed by atoms with Crippen molar-refractivity contribution in [3.63, 3.8) is 0 Å². The lowest BCUT2D eigenvalue weighted by Crippen LogP contribution is -2.33. The number of allylic oxidation sites excluding steroid dienone is 3. The van der Waals surface area contributed by atoms with Crippen LogP contribution in [0.1, 0.15) is 17.5 Å². The fraction of sp³-hybridized carbons (Fsp3) is 0.294. The zero-order chi connectivity index (χ0) is 16.1. The molecule has 0 saturated heterocycles. The van der Waals surface area contributed by atoms with E-state index in [1.165, 1.54) is 7.11 Å². The number of hydrogen-bond acceptors (Lipinski definition) is 3. The van der Waals surface area contributed by atoms with Crippen molar-refractivity contribution in [2.45, 2.75) is 19.8 Å². The Kier molecular flexibility index (Phi) is 5.20. The summed E-state index contributed by atoms with van der Waals surface area (Å²) in [5, 5.41) is 2.80. The summed E-state index contributed by atoms with van der Waals surface area (Å²) in [6, 6.07) is 7.71. The zero-order valence-electron chi connectivity index (χ0n) is 12.8. The molecule has 4 nitrogen and oxygen atoms in total. The van der Waals surface area contributed by atoms with E-state index >= 15 is 0 Å². The number of benzene rings is 1. The van der Waals surface area contributed by atoms with Crippen molar-refractivity contribution >= 4 is 19.7 Å². The molecule has 1 aromatic carbocycles. The Balaban J connectivity index is 2.09. The minimum Gasteiger partial charge on any atom is -0.468 e. The van der Waals surface area contributed by atoms with E-state index in [1.54, 1.807) is 12.2 Å². The molecule has 1 amide bonds. The fourth-order valence-electron chi connectivity index (χ4n) is 2.39. The third-order valence-electron chi connectivity index (χ3n) is 3.67. The van der Waals surface area contributed by atoms with Crippen LogP contribution in [0.25, 0.3) is 0 Å². The molecular formula is C17H18BNO3. The van der Waals surface area contributed by atoms with Gasteiger partial charge in [-0.1, -0.05) is 30.3 Å². The molecule has 1 aliphatic carbocycles. The predicted molar refractivity (Wildman–Crippen MR) is 85.1 cm³/mol. The molecular weight excluding hydrogens is 277 g/mol. The number of carbonyl (C=O) groups is 2. The van der Waals surface area contributed by atoms with Crippen molar-refractivity contribution in [2.75, 3.05) is 7.11 Å². The summed E-state index contributed by atoms with van der Waals surface area (Å²) in [5.41, 5.74) is 3.14. The molecule has 0 aliphatic heterocycles. The molecule has 22 heavy (non-hydrogen) atoms. The Bertz CT molecular complexity index is 649. The van der Waals surface area contributed by atoms with Crippen LogP contribution >= 0.6 is 0 Å². The maximum atomic E-state index is 12.2. The van der Waals surface area contributed by atoms with Gasteiger partial charge in [-0.15, -0.1) is 5.47 Å². The quantitative estimate of drug-likeness (QED) is 0.680. The monoisotopic (exact) mass is 295 g/mol. The number of hydrogen-bond donors (Lipinski definition) is 1. The van der Waals surface area contributed by atoms with Gasteiger partial charge in [-0.3, -0.25) is 9.59 Å². The van der Waals surface area contributed by atoms with E-state index in [1.807, 2.05) is 31.2 Å².